The first-order valence-electron chi connectivity index (χ1n) is 8.36. The van der Waals surface area contributed by atoms with Crippen molar-refractivity contribution in [2.75, 3.05) is 26.2 Å². The van der Waals surface area contributed by atoms with E-state index in [1.54, 1.807) is 0 Å². The molecule has 1 fully saturated rings. The van der Waals surface area contributed by atoms with Gasteiger partial charge < -0.3 is 9.47 Å². The summed E-state index contributed by atoms with van der Waals surface area (Å²) in [4.78, 5) is 21.5. The Labute approximate surface area is 132 Å². The van der Waals surface area contributed by atoms with E-state index in [2.05, 4.69) is 31.5 Å². The Morgan fingerprint density at radius 1 is 1.27 bits per heavy atom. The van der Waals surface area contributed by atoms with E-state index in [0.29, 0.717) is 5.91 Å². The molecule has 5 heteroatoms. The molecule has 0 unspecified atom stereocenters. The largest absolute Gasteiger partial charge is 0.341 e. The summed E-state index contributed by atoms with van der Waals surface area (Å²) in [6.45, 7) is 4.61. The lowest BCUT2D eigenvalue weighted by Gasteiger charge is -2.27. The number of aromatic nitrogens is 2. The summed E-state index contributed by atoms with van der Waals surface area (Å²) in [5.41, 5.74) is 0. The van der Waals surface area contributed by atoms with Gasteiger partial charge in [-0.2, -0.15) is 0 Å². The van der Waals surface area contributed by atoms with Crippen molar-refractivity contribution in [2.24, 2.45) is 13.0 Å². The quantitative estimate of drug-likeness (QED) is 0.800. The van der Waals surface area contributed by atoms with Gasteiger partial charge in [0.05, 0.1) is 6.54 Å². The second-order valence-corrected chi connectivity index (χ2v) is 6.39. The van der Waals surface area contributed by atoms with E-state index >= 15 is 0 Å². The van der Waals surface area contributed by atoms with Crippen LogP contribution in [0.5, 0.6) is 0 Å². The molecule has 5 nitrogen and oxygen atoms in total. The maximum absolute atomic E-state index is 12.6. The lowest BCUT2D eigenvalue weighted by Crippen LogP contribution is -2.39. The third-order valence-corrected chi connectivity index (χ3v) is 4.80. The molecule has 0 N–H and O–H groups in total. The van der Waals surface area contributed by atoms with E-state index in [0.717, 1.165) is 64.2 Å². The predicted molar refractivity (Wildman–Crippen MR) is 86.2 cm³/mol. The highest BCUT2D eigenvalue weighted by Crippen LogP contribution is 2.21. The third-order valence-electron chi connectivity index (χ3n) is 4.80. The third kappa shape index (κ3) is 3.58. The maximum Gasteiger partial charge on any atom is 0.226 e. The number of nitrogens with zero attached hydrogens (tertiary/aromatic N) is 4. The molecule has 120 valence electrons. The van der Waals surface area contributed by atoms with Gasteiger partial charge in [-0.1, -0.05) is 12.2 Å². The molecular weight excluding hydrogens is 276 g/mol. The van der Waals surface area contributed by atoms with Crippen LogP contribution in [0.4, 0.5) is 0 Å². The molecule has 0 saturated carbocycles. The Balaban J connectivity index is 1.54. The number of hydrogen-bond acceptors (Lipinski definition) is 3. The SMILES string of the molecule is Cn1ccnc1CN1CCCN(C(=O)[C@H]2CC=CCC2)CC1. The molecule has 0 bridgehead atoms. The fourth-order valence-corrected chi connectivity index (χ4v) is 3.37. The van der Waals surface area contributed by atoms with Crippen LogP contribution in [0.1, 0.15) is 31.5 Å². The van der Waals surface area contributed by atoms with Gasteiger partial charge in [-0.15, -0.1) is 0 Å². The standard InChI is InChI=1S/C17H26N4O/c1-19-11-8-18-16(19)14-20-9-5-10-21(13-12-20)17(22)15-6-3-2-4-7-15/h2-3,8,11,15H,4-7,9-10,12-14H2,1H3/t15-/m0/s1. The number of aryl methyl sites for hydroxylation is 1. The molecule has 1 atom stereocenters. The molecule has 1 aromatic heterocycles. The Hall–Kier alpha value is -1.62. The van der Waals surface area contributed by atoms with Gasteiger partial charge in [0, 0.05) is 51.5 Å². The van der Waals surface area contributed by atoms with E-state index < -0.39 is 0 Å². The van der Waals surface area contributed by atoms with Crippen molar-refractivity contribution in [3.05, 3.63) is 30.4 Å². The first-order chi connectivity index (χ1) is 10.7. The molecule has 1 aliphatic carbocycles. The smallest absolute Gasteiger partial charge is 0.226 e. The first kappa shape index (κ1) is 15.3. The summed E-state index contributed by atoms with van der Waals surface area (Å²) in [6.07, 6.45) is 12.2. The van der Waals surface area contributed by atoms with Crippen LogP contribution in [-0.2, 0) is 18.4 Å². The van der Waals surface area contributed by atoms with Gasteiger partial charge in [0.15, 0.2) is 0 Å². The first-order valence-corrected chi connectivity index (χ1v) is 8.36. The van der Waals surface area contributed by atoms with Crippen molar-refractivity contribution in [2.45, 2.75) is 32.2 Å². The van der Waals surface area contributed by atoms with E-state index in [9.17, 15) is 4.79 Å². The molecule has 2 heterocycles. The molecule has 1 saturated heterocycles. The summed E-state index contributed by atoms with van der Waals surface area (Å²) in [7, 11) is 2.03. The summed E-state index contributed by atoms with van der Waals surface area (Å²) in [5, 5.41) is 0. The van der Waals surface area contributed by atoms with E-state index in [1.165, 1.54) is 0 Å². The minimum absolute atomic E-state index is 0.214. The summed E-state index contributed by atoms with van der Waals surface area (Å²) in [6, 6.07) is 0. The number of carbonyl (C=O) groups excluding carboxylic acids is 1. The van der Waals surface area contributed by atoms with Gasteiger partial charge in [-0.3, -0.25) is 9.69 Å². The Morgan fingerprint density at radius 3 is 2.91 bits per heavy atom. The van der Waals surface area contributed by atoms with Crippen LogP contribution in [0.15, 0.2) is 24.5 Å². The second-order valence-electron chi connectivity index (χ2n) is 6.39. The lowest BCUT2D eigenvalue weighted by molar-refractivity contribution is -0.135. The van der Waals surface area contributed by atoms with Crippen LogP contribution in [0.25, 0.3) is 0 Å². The van der Waals surface area contributed by atoms with E-state index in [4.69, 9.17) is 0 Å². The fraction of sp³-hybridized carbons (Fsp3) is 0.647. The number of hydrogen-bond donors (Lipinski definition) is 0. The second kappa shape index (κ2) is 7.09. The van der Waals surface area contributed by atoms with Crippen molar-refractivity contribution in [1.82, 2.24) is 19.4 Å². The van der Waals surface area contributed by atoms with Crippen LogP contribution in [0.3, 0.4) is 0 Å². The highest BCUT2D eigenvalue weighted by molar-refractivity contribution is 5.79. The van der Waals surface area contributed by atoms with E-state index in [-0.39, 0.29) is 5.92 Å². The van der Waals surface area contributed by atoms with Crippen molar-refractivity contribution >= 4 is 5.91 Å². The molecule has 3 rings (SSSR count). The van der Waals surface area contributed by atoms with Crippen LogP contribution in [-0.4, -0.2) is 51.4 Å². The summed E-state index contributed by atoms with van der Waals surface area (Å²) < 4.78 is 2.07. The Morgan fingerprint density at radius 2 is 2.18 bits per heavy atom. The zero-order chi connectivity index (χ0) is 15.4. The molecule has 22 heavy (non-hydrogen) atoms. The van der Waals surface area contributed by atoms with Crippen LogP contribution in [0.2, 0.25) is 0 Å². The van der Waals surface area contributed by atoms with Gasteiger partial charge in [0.1, 0.15) is 5.82 Å². The maximum atomic E-state index is 12.6. The predicted octanol–water partition coefficient (Wildman–Crippen LogP) is 1.81. The number of imidazole rings is 1. The van der Waals surface area contributed by atoms with Gasteiger partial charge in [-0.05, 0) is 25.7 Å². The molecule has 0 radical (unpaired) electrons. The number of rotatable bonds is 3. The highest BCUT2D eigenvalue weighted by Gasteiger charge is 2.26. The van der Waals surface area contributed by atoms with Crippen molar-refractivity contribution in [3.63, 3.8) is 0 Å². The molecule has 1 aliphatic heterocycles. The molecular formula is C17H26N4O. The van der Waals surface area contributed by atoms with Gasteiger partial charge in [0.25, 0.3) is 0 Å². The number of carbonyl (C=O) groups is 1. The van der Waals surface area contributed by atoms with Crippen molar-refractivity contribution in [3.8, 4) is 0 Å². The normalized spacial score (nSPS) is 23.5. The van der Waals surface area contributed by atoms with Gasteiger partial charge >= 0.3 is 0 Å². The van der Waals surface area contributed by atoms with Crippen LogP contribution < -0.4 is 0 Å². The minimum atomic E-state index is 0.214. The Kier molecular flexibility index (Phi) is 4.93. The van der Waals surface area contributed by atoms with Crippen molar-refractivity contribution in [1.29, 1.82) is 0 Å². The molecule has 0 aromatic carbocycles. The summed E-state index contributed by atoms with van der Waals surface area (Å²) >= 11 is 0. The highest BCUT2D eigenvalue weighted by atomic mass is 16.2. The van der Waals surface area contributed by atoms with Crippen LogP contribution in [0, 0.1) is 5.92 Å². The average Bonchev–Trinajstić information content (AvgIpc) is 2.81. The Bertz CT molecular complexity index is 537. The zero-order valence-corrected chi connectivity index (χ0v) is 13.4. The fourth-order valence-electron chi connectivity index (χ4n) is 3.37. The molecule has 0 spiro atoms. The molecule has 1 aromatic rings. The zero-order valence-electron chi connectivity index (χ0n) is 13.4. The van der Waals surface area contributed by atoms with Crippen molar-refractivity contribution < 1.29 is 4.79 Å². The number of allylic oxidation sites excluding steroid dienone is 2. The monoisotopic (exact) mass is 302 g/mol. The van der Waals surface area contributed by atoms with Gasteiger partial charge in [0.2, 0.25) is 5.91 Å². The van der Waals surface area contributed by atoms with Crippen LogP contribution >= 0.6 is 0 Å². The minimum Gasteiger partial charge on any atom is -0.341 e. The van der Waals surface area contributed by atoms with Gasteiger partial charge in [-0.25, -0.2) is 4.98 Å². The topological polar surface area (TPSA) is 41.4 Å². The lowest BCUT2D eigenvalue weighted by atomic mass is 9.93. The summed E-state index contributed by atoms with van der Waals surface area (Å²) in [5.74, 6) is 1.67. The molecule has 1 amide bonds. The molecule has 2 aliphatic rings. The average molecular weight is 302 g/mol. The number of amides is 1. The van der Waals surface area contributed by atoms with E-state index in [1.807, 2.05) is 19.4 Å².